The molecular formula is C34H53N8O11+. The summed E-state index contributed by atoms with van der Waals surface area (Å²) in [5.41, 5.74) is 9.85. The van der Waals surface area contributed by atoms with Crippen LogP contribution in [0.5, 0.6) is 0 Å². The van der Waals surface area contributed by atoms with E-state index in [-0.39, 0.29) is 37.7 Å². The van der Waals surface area contributed by atoms with E-state index >= 15 is 0 Å². The second-order valence-electron chi connectivity index (χ2n) is 13.0. The Morgan fingerprint density at radius 1 is 0.906 bits per heavy atom. The topological polar surface area (TPSA) is 311 Å². The van der Waals surface area contributed by atoms with E-state index in [9.17, 15) is 45.6 Å². The second-order valence-corrected chi connectivity index (χ2v) is 13.0. The summed E-state index contributed by atoms with van der Waals surface area (Å²) in [4.78, 5) is 26.1. The molecule has 4 aromatic rings. The number of aliphatic hydroxyl groups is 10. The van der Waals surface area contributed by atoms with Crippen molar-refractivity contribution in [2.45, 2.75) is 95.2 Å². The van der Waals surface area contributed by atoms with Gasteiger partial charge in [-0.1, -0.05) is 6.07 Å². The SMILES string of the molecule is CCn1c(CNC(=O)c2nc3cc[nH]c3nc2N)[n+](CC)c2cc(CCCN(CC(O)C(O)C(O)C(O)CO)CC(O)C(O)C(O)C(O)CO)ccc21. The normalized spacial score (nSPS) is 16.8. The van der Waals surface area contributed by atoms with Gasteiger partial charge >= 0.3 is 0 Å². The zero-order valence-electron chi connectivity index (χ0n) is 29.8. The van der Waals surface area contributed by atoms with E-state index in [2.05, 4.69) is 29.4 Å². The molecule has 1 amide bonds. The van der Waals surface area contributed by atoms with Crippen LogP contribution in [0.15, 0.2) is 30.5 Å². The largest absolute Gasteiger partial charge is 0.394 e. The third-order valence-corrected chi connectivity index (χ3v) is 9.39. The number of benzene rings is 1. The number of carbonyl (C=O) groups excluding carboxylic acids is 1. The molecule has 0 fully saturated rings. The molecule has 0 radical (unpaired) electrons. The number of nitrogen functional groups attached to an aromatic ring is 1. The van der Waals surface area contributed by atoms with Crippen LogP contribution in [0, 0.1) is 0 Å². The molecule has 14 N–H and O–H groups in total. The standard InChI is InChI=1S/C34H52N8O11/c1-3-41-20-8-7-18(12-21(20)42(4-2)26(41)13-37-34(53)27-32(35)39-33-19(38-27)9-10-36-33)6-5-11-40(14-22(45)28(49)30(51)24(47)16-43)15-23(46)29(50)31(52)25(48)17-44/h7-10,12,22-25,28-31,43-52H,3-6,11,13-17H2,1-2H3,(H3-,35,36,37,38,39,53)/p+1. The fourth-order valence-corrected chi connectivity index (χ4v) is 6.42. The zero-order chi connectivity index (χ0) is 39.0. The number of anilines is 1. The molecule has 8 unspecified atom stereocenters. The number of nitrogens with zero attached hydrogens (tertiary/aromatic N) is 5. The quantitative estimate of drug-likeness (QED) is 0.0360. The number of imidazole rings is 1. The molecule has 3 aromatic heterocycles. The Kier molecular flexibility index (Phi) is 15.0. The van der Waals surface area contributed by atoms with Gasteiger partial charge in [-0.3, -0.25) is 9.69 Å². The molecule has 0 saturated heterocycles. The van der Waals surface area contributed by atoms with Gasteiger partial charge in [-0.15, -0.1) is 0 Å². The van der Waals surface area contributed by atoms with E-state index in [0.717, 1.165) is 22.4 Å². The first kappa shape index (κ1) is 41.9. The number of hydrogen-bond acceptors (Lipinski definition) is 15. The molecule has 8 atom stereocenters. The van der Waals surface area contributed by atoms with Crippen LogP contribution >= 0.6 is 0 Å². The maximum atomic E-state index is 13.2. The predicted molar refractivity (Wildman–Crippen MR) is 190 cm³/mol. The van der Waals surface area contributed by atoms with E-state index < -0.39 is 68.0 Å². The number of aryl methyl sites for hydroxylation is 3. The third kappa shape index (κ3) is 9.82. The summed E-state index contributed by atoms with van der Waals surface area (Å²) >= 11 is 0. The number of H-pyrrole nitrogens is 1. The van der Waals surface area contributed by atoms with E-state index in [1.165, 1.54) is 4.90 Å². The van der Waals surface area contributed by atoms with Crippen molar-refractivity contribution in [1.29, 1.82) is 0 Å². The number of aromatic amines is 1. The fourth-order valence-electron chi connectivity index (χ4n) is 6.42. The molecule has 19 heteroatoms. The van der Waals surface area contributed by atoms with Crippen LogP contribution in [0.1, 0.15) is 42.1 Å². The Morgan fingerprint density at radius 2 is 1.51 bits per heavy atom. The molecule has 4 rings (SSSR count). The monoisotopic (exact) mass is 749 g/mol. The highest BCUT2D eigenvalue weighted by atomic mass is 16.4. The summed E-state index contributed by atoms with van der Waals surface area (Å²) in [6.45, 7) is 3.16. The van der Waals surface area contributed by atoms with Crippen molar-refractivity contribution in [1.82, 2.24) is 29.7 Å². The lowest BCUT2D eigenvalue weighted by molar-refractivity contribution is -0.676. The van der Waals surface area contributed by atoms with Crippen LogP contribution in [0.25, 0.3) is 22.2 Å². The van der Waals surface area contributed by atoms with Crippen molar-refractivity contribution < 1.29 is 60.4 Å². The average Bonchev–Trinajstić information content (AvgIpc) is 3.74. The van der Waals surface area contributed by atoms with Gasteiger partial charge in [0.05, 0.1) is 38.5 Å². The van der Waals surface area contributed by atoms with Crippen molar-refractivity contribution in [3.8, 4) is 0 Å². The van der Waals surface area contributed by atoms with E-state index in [1.807, 2.05) is 32.0 Å². The highest BCUT2D eigenvalue weighted by molar-refractivity contribution is 5.98. The van der Waals surface area contributed by atoms with Crippen molar-refractivity contribution >= 4 is 33.9 Å². The van der Waals surface area contributed by atoms with Crippen LogP contribution in [-0.4, -0.2) is 163 Å². The number of fused-ring (bicyclic) bond motifs is 2. The number of aliphatic hydroxyl groups excluding tert-OH is 10. The summed E-state index contributed by atoms with van der Waals surface area (Å²) in [5.74, 6) is 0.387. The van der Waals surface area contributed by atoms with Crippen molar-refractivity contribution in [2.24, 2.45) is 0 Å². The minimum absolute atomic E-state index is 0.00705. The summed E-state index contributed by atoms with van der Waals surface area (Å²) < 4.78 is 4.19. The van der Waals surface area contributed by atoms with Gasteiger partial charge in [0, 0.05) is 19.3 Å². The van der Waals surface area contributed by atoms with Gasteiger partial charge in [-0.2, -0.15) is 0 Å². The molecule has 19 nitrogen and oxygen atoms in total. The average molecular weight is 750 g/mol. The predicted octanol–water partition coefficient (Wildman–Crippen LogP) is -4.14. The zero-order valence-corrected chi connectivity index (χ0v) is 29.8. The lowest BCUT2D eigenvalue weighted by Gasteiger charge is -2.33. The maximum Gasteiger partial charge on any atom is 0.277 e. The van der Waals surface area contributed by atoms with Crippen LogP contribution in [0.2, 0.25) is 0 Å². The molecule has 0 saturated carbocycles. The summed E-state index contributed by atoms with van der Waals surface area (Å²) in [5, 5.41) is 103. The van der Waals surface area contributed by atoms with Gasteiger partial charge in [0.15, 0.2) is 28.2 Å². The lowest BCUT2D eigenvalue weighted by Crippen LogP contribution is -2.53. The molecule has 0 spiro atoms. The minimum atomic E-state index is -1.87. The second kappa shape index (κ2) is 18.9. The lowest BCUT2D eigenvalue weighted by atomic mass is 10.0. The van der Waals surface area contributed by atoms with Crippen molar-refractivity contribution in [2.75, 3.05) is 38.6 Å². The summed E-state index contributed by atoms with van der Waals surface area (Å²) in [6.07, 6.45) is -11.6. The first-order chi connectivity index (χ1) is 25.3. The van der Waals surface area contributed by atoms with E-state index in [4.69, 9.17) is 15.9 Å². The fraction of sp³-hybridized carbons (Fsp3) is 0.588. The number of hydrogen-bond donors (Lipinski definition) is 13. The molecule has 0 aliphatic carbocycles. The van der Waals surface area contributed by atoms with Crippen LogP contribution in [0.4, 0.5) is 5.82 Å². The first-order valence-corrected chi connectivity index (χ1v) is 17.6. The Morgan fingerprint density at radius 3 is 2.08 bits per heavy atom. The number of aromatic nitrogens is 5. The first-order valence-electron chi connectivity index (χ1n) is 17.6. The molecule has 0 aliphatic heterocycles. The highest BCUT2D eigenvalue weighted by Gasteiger charge is 2.34. The maximum absolute atomic E-state index is 13.2. The number of amides is 1. The minimum Gasteiger partial charge on any atom is -0.394 e. The van der Waals surface area contributed by atoms with Gasteiger partial charge in [0.1, 0.15) is 48.7 Å². The Labute approximate surface area is 305 Å². The number of nitrogens with two attached hydrogens (primary N) is 1. The van der Waals surface area contributed by atoms with E-state index in [0.29, 0.717) is 37.1 Å². The van der Waals surface area contributed by atoms with Gasteiger partial charge in [-0.05, 0) is 57.0 Å². The Hall–Kier alpha value is -3.86. The smallest absolute Gasteiger partial charge is 0.277 e. The highest BCUT2D eigenvalue weighted by Crippen LogP contribution is 2.20. The third-order valence-electron chi connectivity index (χ3n) is 9.39. The number of nitrogens with one attached hydrogen (secondary N) is 2. The molecular weight excluding hydrogens is 696 g/mol. The molecule has 1 aromatic carbocycles. The number of rotatable bonds is 21. The van der Waals surface area contributed by atoms with Gasteiger partial charge < -0.3 is 67.1 Å². The van der Waals surface area contributed by atoms with Crippen LogP contribution < -0.4 is 15.6 Å². The molecule has 3 heterocycles. The Bertz CT molecular complexity index is 1760. The summed E-state index contributed by atoms with van der Waals surface area (Å²) in [6, 6.07) is 7.67. The van der Waals surface area contributed by atoms with Crippen LogP contribution in [-0.2, 0) is 26.1 Å². The van der Waals surface area contributed by atoms with Gasteiger partial charge in [0.2, 0.25) is 0 Å². The van der Waals surface area contributed by atoms with Crippen molar-refractivity contribution in [3.05, 3.63) is 47.5 Å². The van der Waals surface area contributed by atoms with Crippen molar-refractivity contribution in [3.63, 3.8) is 0 Å². The number of carbonyl (C=O) groups is 1. The molecule has 53 heavy (non-hydrogen) atoms. The van der Waals surface area contributed by atoms with Crippen LogP contribution in [0.3, 0.4) is 0 Å². The van der Waals surface area contributed by atoms with Gasteiger partial charge in [-0.25, -0.2) is 19.1 Å². The molecule has 0 bridgehead atoms. The van der Waals surface area contributed by atoms with E-state index in [1.54, 1.807) is 12.3 Å². The van der Waals surface area contributed by atoms with Gasteiger partial charge in [0.25, 0.3) is 11.7 Å². The Balaban J connectivity index is 1.49. The molecule has 0 aliphatic rings. The summed E-state index contributed by atoms with van der Waals surface area (Å²) in [7, 11) is 0. The molecule has 294 valence electrons.